The Morgan fingerprint density at radius 2 is 1.87 bits per heavy atom. The zero-order chi connectivity index (χ0) is 21.6. The van der Waals surface area contributed by atoms with Crippen molar-refractivity contribution in [3.05, 3.63) is 66.2 Å². The van der Waals surface area contributed by atoms with Crippen LogP contribution >= 0.6 is 11.8 Å². The summed E-state index contributed by atoms with van der Waals surface area (Å²) in [5.74, 6) is 1.11. The predicted molar refractivity (Wildman–Crippen MR) is 118 cm³/mol. The summed E-state index contributed by atoms with van der Waals surface area (Å²) >= 11 is 1.35. The van der Waals surface area contributed by atoms with E-state index in [2.05, 4.69) is 15.5 Å². The Morgan fingerprint density at radius 1 is 1.16 bits per heavy atom. The quantitative estimate of drug-likeness (QED) is 0.515. The maximum Gasteiger partial charge on any atom is 0.230 e. The highest BCUT2D eigenvalue weighted by molar-refractivity contribution is 7.99. The lowest BCUT2D eigenvalue weighted by atomic mass is 10.2. The average Bonchev–Trinajstić information content (AvgIpc) is 3.44. The fourth-order valence-corrected chi connectivity index (χ4v) is 4.47. The summed E-state index contributed by atoms with van der Waals surface area (Å²) in [5, 5.41) is 12.4. The van der Waals surface area contributed by atoms with Gasteiger partial charge in [0.05, 0.1) is 5.75 Å². The van der Waals surface area contributed by atoms with Crippen LogP contribution in [0.5, 0.6) is 5.75 Å². The van der Waals surface area contributed by atoms with Crippen molar-refractivity contribution in [1.29, 1.82) is 0 Å². The van der Waals surface area contributed by atoms with Gasteiger partial charge in [0, 0.05) is 11.7 Å². The molecule has 1 amide bonds. The van der Waals surface area contributed by atoms with Crippen LogP contribution in [-0.4, -0.2) is 32.5 Å². The van der Waals surface area contributed by atoms with Gasteiger partial charge in [-0.1, -0.05) is 42.8 Å². The predicted octanol–water partition coefficient (Wildman–Crippen LogP) is 4.70. The van der Waals surface area contributed by atoms with Crippen LogP contribution in [-0.2, 0) is 4.79 Å². The van der Waals surface area contributed by atoms with Gasteiger partial charge in [0.15, 0.2) is 17.1 Å². The van der Waals surface area contributed by atoms with E-state index in [4.69, 9.17) is 4.74 Å². The van der Waals surface area contributed by atoms with Crippen LogP contribution in [0.3, 0.4) is 0 Å². The molecule has 31 heavy (non-hydrogen) atoms. The number of nitrogens with one attached hydrogen (secondary N) is 1. The van der Waals surface area contributed by atoms with Crippen LogP contribution in [0.15, 0.2) is 59.8 Å². The van der Waals surface area contributed by atoms with Crippen LogP contribution in [0.2, 0.25) is 0 Å². The molecule has 0 bridgehead atoms. The normalized spacial score (nSPS) is 15.0. The molecule has 1 aliphatic rings. The van der Waals surface area contributed by atoms with Crippen molar-refractivity contribution in [3.63, 3.8) is 0 Å². The number of carbonyl (C=O) groups is 1. The minimum Gasteiger partial charge on any atom is -0.483 e. The number of halogens is 1. The summed E-state index contributed by atoms with van der Waals surface area (Å²) in [6.07, 6.45) is 4.03. The second-order valence-electron chi connectivity index (χ2n) is 7.56. The van der Waals surface area contributed by atoms with Crippen molar-refractivity contribution in [1.82, 2.24) is 20.1 Å². The van der Waals surface area contributed by atoms with E-state index in [1.807, 2.05) is 41.8 Å². The van der Waals surface area contributed by atoms with Gasteiger partial charge in [0.25, 0.3) is 0 Å². The van der Waals surface area contributed by atoms with E-state index < -0.39 is 6.10 Å². The van der Waals surface area contributed by atoms with Crippen LogP contribution < -0.4 is 10.1 Å². The number of rotatable bonds is 8. The van der Waals surface area contributed by atoms with Crippen molar-refractivity contribution in [2.75, 3.05) is 5.75 Å². The Hall–Kier alpha value is -2.87. The van der Waals surface area contributed by atoms with E-state index in [-0.39, 0.29) is 17.5 Å². The molecule has 0 aliphatic heterocycles. The van der Waals surface area contributed by atoms with Gasteiger partial charge in [-0.3, -0.25) is 9.36 Å². The van der Waals surface area contributed by atoms with Crippen LogP contribution in [0.1, 0.15) is 44.5 Å². The van der Waals surface area contributed by atoms with Gasteiger partial charge in [-0.15, -0.1) is 10.2 Å². The Labute approximate surface area is 185 Å². The smallest absolute Gasteiger partial charge is 0.230 e. The molecule has 3 aromatic rings. The standard InChI is InChI=1S/C23H25FN4O2S/c1-16(30-20-13-11-17(24)12-14-20)22-26-27-23(28(22)19-9-3-2-4-10-19)31-15-21(29)25-18-7-5-6-8-18/h2-4,9-14,16,18H,5-8,15H2,1H3,(H,25,29). The van der Waals surface area contributed by atoms with Gasteiger partial charge in [-0.05, 0) is 56.2 Å². The number of carbonyl (C=O) groups excluding carboxylic acids is 1. The van der Waals surface area contributed by atoms with Crippen LogP contribution in [0.25, 0.3) is 5.69 Å². The van der Waals surface area contributed by atoms with Gasteiger partial charge in [0.1, 0.15) is 11.6 Å². The summed E-state index contributed by atoms with van der Waals surface area (Å²) < 4.78 is 21.1. The molecule has 4 rings (SSSR count). The number of benzene rings is 2. The highest BCUT2D eigenvalue weighted by atomic mass is 32.2. The SMILES string of the molecule is CC(Oc1ccc(F)cc1)c1nnc(SCC(=O)NC2CCCC2)n1-c1ccccc1. The largest absolute Gasteiger partial charge is 0.483 e. The first-order chi connectivity index (χ1) is 15.1. The monoisotopic (exact) mass is 440 g/mol. The highest BCUT2D eigenvalue weighted by Crippen LogP contribution is 2.28. The minimum atomic E-state index is -0.431. The third kappa shape index (κ3) is 5.44. The Bertz CT molecular complexity index is 1000. The fourth-order valence-electron chi connectivity index (χ4n) is 3.70. The molecular weight excluding hydrogens is 415 g/mol. The average molecular weight is 441 g/mol. The molecule has 0 saturated heterocycles. The molecule has 1 unspecified atom stereocenters. The van der Waals surface area contributed by atoms with Gasteiger partial charge in [-0.2, -0.15) is 0 Å². The molecule has 0 radical (unpaired) electrons. The second kappa shape index (κ2) is 9.96. The van der Waals surface area contributed by atoms with Crippen molar-refractivity contribution in [3.8, 4) is 11.4 Å². The van der Waals surface area contributed by atoms with Crippen molar-refractivity contribution >= 4 is 17.7 Å². The molecule has 1 aromatic heterocycles. The number of amides is 1. The maximum atomic E-state index is 13.2. The van der Waals surface area contributed by atoms with E-state index >= 15 is 0 Å². The molecule has 6 nitrogen and oxygen atoms in total. The molecule has 1 N–H and O–H groups in total. The van der Waals surface area contributed by atoms with Gasteiger partial charge in [-0.25, -0.2) is 4.39 Å². The lowest BCUT2D eigenvalue weighted by Crippen LogP contribution is -2.33. The topological polar surface area (TPSA) is 69.0 Å². The second-order valence-corrected chi connectivity index (χ2v) is 8.51. The molecule has 2 aromatic carbocycles. The van der Waals surface area contributed by atoms with Gasteiger partial charge < -0.3 is 10.1 Å². The Balaban J connectivity index is 1.52. The molecule has 8 heteroatoms. The third-order valence-corrected chi connectivity index (χ3v) is 6.14. The van der Waals surface area contributed by atoms with E-state index in [0.29, 0.717) is 22.8 Å². The first-order valence-electron chi connectivity index (χ1n) is 10.5. The summed E-state index contributed by atoms with van der Waals surface area (Å²) in [6.45, 7) is 1.87. The molecule has 1 saturated carbocycles. The molecule has 162 valence electrons. The summed E-state index contributed by atoms with van der Waals surface area (Å²) in [7, 11) is 0. The van der Waals surface area contributed by atoms with E-state index in [1.165, 1.54) is 36.7 Å². The number of para-hydroxylation sites is 1. The summed E-state index contributed by atoms with van der Waals surface area (Å²) in [4.78, 5) is 12.4. The van der Waals surface area contributed by atoms with Crippen molar-refractivity contribution in [2.45, 2.75) is 49.9 Å². The number of aromatic nitrogens is 3. The lowest BCUT2D eigenvalue weighted by molar-refractivity contribution is -0.119. The molecular formula is C23H25FN4O2S. The fraction of sp³-hybridized carbons (Fsp3) is 0.348. The maximum absolute atomic E-state index is 13.2. The third-order valence-electron chi connectivity index (χ3n) is 5.22. The van der Waals surface area contributed by atoms with Gasteiger partial charge in [0.2, 0.25) is 5.91 Å². The molecule has 1 aliphatic carbocycles. The molecule has 1 fully saturated rings. The first-order valence-corrected chi connectivity index (χ1v) is 11.4. The zero-order valence-corrected chi connectivity index (χ0v) is 18.1. The lowest BCUT2D eigenvalue weighted by Gasteiger charge is -2.17. The number of thioether (sulfide) groups is 1. The Morgan fingerprint density at radius 3 is 2.58 bits per heavy atom. The number of hydrogen-bond donors (Lipinski definition) is 1. The Kier molecular flexibility index (Phi) is 6.86. The number of nitrogens with zero attached hydrogens (tertiary/aromatic N) is 3. The molecule has 0 spiro atoms. The first kappa shape index (κ1) is 21.4. The minimum absolute atomic E-state index is 0.0108. The number of hydrogen-bond acceptors (Lipinski definition) is 5. The van der Waals surface area contributed by atoms with Crippen LogP contribution in [0.4, 0.5) is 4.39 Å². The van der Waals surface area contributed by atoms with E-state index in [1.54, 1.807) is 12.1 Å². The van der Waals surface area contributed by atoms with Crippen molar-refractivity contribution in [2.24, 2.45) is 0 Å². The van der Waals surface area contributed by atoms with Gasteiger partial charge >= 0.3 is 0 Å². The highest BCUT2D eigenvalue weighted by Gasteiger charge is 2.22. The van der Waals surface area contributed by atoms with Crippen molar-refractivity contribution < 1.29 is 13.9 Å². The van der Waals surface area contributed by atoms with E-state index in [0.717, 1.165) is 18.5 Å². The zero-order valence-electron chi connectivity index (χ0n) is 17.3. The number of ether oxygens (including phenoxy) is 1. The van der Waals surface area contributed by atoms with E-state index in [9.17, 15) is 9.18 Å². The summed E-state index contributed by atoms with van der Waals surface area (Å²) in [5.41, 5.74) is 0.885. The summed E-state index contributed by atoms with van der Waals surface area (Å²) in [6, 6.07) is 15.9. The van der Waals surface area contributed by atoms with Crippen LogP contribution in [0, 0.1) is 5.82 Å². The molecule has 1 atom stereocenters. The molecule has 1 heterocycles.